The second kappa shape index (κ2) is 11.2. The molecule has 1 aromatic carbocycles. The van der Waals surface area contributed by atoms with Gasteiger partial charge in [0.2, 0.25) is 0 Å². The largest absolute Gasteiger partial charge is 0.462 e. The Bertz CT molecular complexity index is 1370. The van der Waals surface area contributed by atoms with Gasteiger partial charge in [0.25, 0.3) is 0 Å². The number of nitrogen functional groups attached to an aromatic ring is 1. The van der Waals surface area contributed by atoms with Gasteiger partial charge >= 0.3 is 19.8 Å². The van der Waals surface area contributed by atoms with E-state index in [-0.39, 0.29) is 42.0 Å². The average molecular weight is 549 g/mol. The van der Waals surface area contributed by atoms with Crippen LogP contribution in [0.1, 0.15) is 26.8 Å². The number of anilines is 1. The van der Waals surface area contributed by atoms with Gasteiger partial charge in [-0.15, -0.1) is 0 Å². The first kappa shape index (κ1) is 27.6. The number of imidazole rings is 1. The molecule has 38 heavy (non-hydrogen) atoms. The number of carbonyl (C=O) groups excluding carboxylic acids is 1. The van der Waals surface area contributed by atoms with Gasteiger partial charge in [-0.25, -0.2) is 9.55 Å². The number of ether oxygens (including phenoxy) is 1. The number of aliphatic hydroxyl groups excluding tert-OH is 1. The molecule has 2 heterocycles. The van der Waals surface area contributed by atoms with Crippen molar-refractivity contribution in [1.29, 1.82) is 0 Å². The fraction of sp³-hybridized carbons (Fsp3) is 0.417. The number of fused-ring (bicyclic) bond motifs is 1. The monoisotopic (exact) mass is 548 g/mol. The van der Waals surface area contributed by atoms with Crippen molar-refractivity contribution in [3.8, 4) is 5.75 Å². The molecule has 1 aliphatic rings. The SMILES string of the molecule is C=C1[C@@H](n2cnc3c(N)nc(F)nc32)[C@H](CO)[C@H]1COP(=O)(N[C@@H](C)C(=O)OC(C)C)Oc1ccccc1. The van der Waals surface area contributed by atoms with E-state index in [9.17, 15) is 18.9 Å². The maximum Gasteiger partial charge on any atom is 0.459 e. The highest BCUT2D eigenvalue weighted by Crippen LogP contribution is 2.52. The Labute approximate surface area is 218 Å². The second-order valence-corrected chi connectivity index (χ2v) is 10.9. The highest BCUT2D eigenvalue weighted by molar-refractivity contribution is 7.52. The summed E-state index contributed by atoms with van der Waals surface area (Å²) in [6.07, 6.45) is 0.0610. The summed E-state index contributed by atoms with van der Waals surface area (Å²) >= 11 is 0. The van der Waals surface area contributed by atoms with Crippen LogP contribution in [0.3, 0.4) is 0 Å². The number of halogens is 1. The number of esters is 1. The Morgan fingerprint density at radius 1 is 1.29 bits per heavy atom. The summed E-state index contributed by atoms with van der Waals surface area (Å²) < 4.78 is 45.8. The van der Waals surface area contributed by atoms with E-state index in [1.807, 2.05) is 0 Å². The summed E-state index contributed by atoms with van der Waals surface area (Å²) in [6, 6.07) is 6.87. The van der Waals surface area contributed by atoms with Crippen LogP contribution in [0.4, 0.5) is 10.2 Å². The zero-order valence-corrected chi connectivity index (χ0v) is 22.0. The van der Waals surface area contributed by atoms with Crippen LogP contribution in [0.2, 0.25) is 0 Å². The maximum absolute atomic E-state index is 13.8. The predicted octanol–water partition coefficient (Wildman–Crippen LogP) is 3.02. The van der Waals surface area contributed by atoms with Crippen molar-refractivity contribution in [2.45, 2.75) is 39.0 Å². The third-order valence-electron chi connectivity index (χ3n) is 6.16. The number of nitrogens with two attached hydrogens (primary N) is 1. The molecule has 0 aliphatic heterocycles. The van der Waals surface area contributed by atoms with Crippen LogP contribution in [0.15, 0.2) is 48.8 Å². The van der Waals surface area contributed by atoms with Gasteiger partial charge in [0.05, 0.1) is 25.1 Å². The number of para-hydroxylation sites is 1. The third-order valence-corrected chi connectivity index (χ3v) is 7.80. The highest BCUT2D eigenvalue weighted by atomic mass is 31.2. The van der Waals surface area contributed by atoms with Gasteiger partial charge in [-0.2, -0.15) is 19.4 Å². The zero-order valence-electron chi connectivity index (χ0n) is 21.2. The number of nitrogens with one attached hydrogen (secondary N) is 1. The first-order valence-corrected chi connectivity index (χ1v) is 13.5. The molecular formula is C24H30FN6O6P. The number of benzene rings is 1. The van der Waals surface area contributed by atoms with Gasteiger partial charge < -0.3 is 24.7 Å². The van der Waals surface area contributed by atoms with Gasteiger partial charge in [0.15, 0.2) is 11.5 Å². The molecule has 0 spiro atoms. The maximum atomic E-state index is 13.8. The van der Waals surface area contributed by atoms with Gasteiger partial charge in [0, 0.05) is 18.4 Å². The number of aromatic nitrogens is 4. The molecule has 1 unspecified atom stereocenters. The van der Waals surface area contributed by atoms with Crippen molar-refractivity contribution in [2.24, 2.45) is 11.8 Å². The van der Waals surface area contributed by atoms with E-state index in [0.717, 1.165) is 0 Å². The van der Waals surface area contributed by atoms with Crippen LogP contribution in [-0.2, 0) is 18.6 Å². The quantitative estimate of drug-likeness (QED) is 0.140. The molecule has 12 nitrogen and oxygen atoms in total. The molecule has 204 valence electrons. The van der Waals surface area contributed by atoms with Crippen LogP contribution in [0.25, 0.3) is 11.2 Å². The van der Waals surface area contributed by atoms with E-state index in [0.29, 0.717) is 5.57 Å². The van der Waals surface area contributed by atoms with E-state index in [1.165, 1.54) is 13.3 Å². The second-order valence-electron chi connectivity index (χ2n) is 9.21. The molecule has 0 radical (unpaired) electrons. The van der Waals surface area contributed by atoms with Gasteiger partial charge in [0.1, 0.15) is 17.3 Å². The van der Waals surface area contributed by atoms with Gasteiger partial charge in [-0.1, -0.05) is 24.8 Å². The summed E-state index contributed by atoms with van der Waals surface area (Å²) in [5.41, 5.74) is 6.76. The normalized spacial score (nSPS) is 21.6. The molecule has 14 heteroatoms. The Morgan fingerprint density at radius 3 is 2.66 bits per heavy atom. The van der Waals surface area contributed by atoms with Crippen molar-refractivity contribution >= 4 is 30.7 Å². The summed E-state index contributed by atoms with van der Waals surface area (Å²) in [4.78, 5) is 23.8. The predicted molar refractivity (Wildman–Crippen MR) is 136 cm³/mol. The van der Waals surface area contributed by atoms with Crippen LogP contribution in [0.5, 0.6) is 5.75 Å². The third kappa shape index (κ3) is 5.70. The molecule has 3 aromatic rings. The number of hydrogen-bond acceptors (Lipinski definition) is 10. The molecule has 0 bridgehead atoms. The van der Waals surface area contributed by atoms with E-state index in [2.05, 4.69) is 26.6 Å². The smallest absolute Gasteiger partial charge is 0.459 e. The van der Waals surface area contributed by atoms with E-state index in [1.54, 1.807) is 48.7 Å². The first-order valence-electron chi connectivity index (χ1n) is 12.0. The number of hydrogen-bond donors (Lipinski definition) is 3. The first-order chi connectivity index (χ1) is 18.0. The lowest BCUT2D eigenvalue weighted by Gasteiger charge is -2.46. The van der Waals surface area contributed by atoms with Crippen molar-refractivity contribution < 1.29 is 32.6 Å². The molecule has 1 aliphatic carbocycles. The fourth-order valence-electron chi connectivity index (χ4n) is 4.34. The topological polar surface area (TPSA) is 164 Å². The number of carbonyl (C=O) groups is 1. The summed E-state index contributed by atoms with van der Waals surface area (Å²) in [7, 11) is -4.10. The van der Waals surface area contributed by atoms with Crippen molar-refractivity contribution in [2.75, 3.05) is 18.9 Å². The van der Waals surface area contributed by atoms with Crippen LogP contribution < -0.4 is 15.3 Å². The van der Waals surface area contributed by atoms with Crippen LogP contribution in [-0.4, -0.2) is 56.0 Å². The fourth-order valence-corrected chi connectivity index (χ4v) is 5.86. The molecule has 2 aromatic heterocycles. The lowest BCUT2D eigenvalue weighted by molar-refractivity contribution is -0.149. The minimum atomic E-state index is -4.10. The molecular weight excluding hydrogens is 518 g/mol. The van der Waals surface area contributed by atoms with Gasteiger partial charge in [-0.05, 0) is 38.5 Å². The molecule has 5 atom stereocenters. The van der Waals surface area contributed by atoms with E-state index in [4.69, 9.17) is 19.5 Å². The van der Waals surface area contributed by atoms with Gasteiger partial charge in [-0.3, -0.25) is 9.32 Å². The van der Waals surface area contributed by atoms with E-state index < -0.39 is 43.7 Å². The Morgan fingerprint density at radius 2 is 2.00 bits per heavy atom. The molecule has 4 N–H and O–H groups in total. The minimum Gasteiger partial charge on any atom is -0.462 e. The molecule has 4 rings (SSSR count). The Balaban J connectivity index is 1.52. The summed E-state index contributed by atoms with van der Waals surface area (Å²) in [5.74, 6) is -1.36. The summed E-state index contributed by atoms with van der Waals surface area (Å²) in [5, 5.41) is 12.8. The molecule has 0 saturated heterocycles. The minimum absolute atomic E-state index is 0.105. The summed E-state index contributed by atoms with van der Waals surface area (Å²) in [6.45, 7) is 8.56. The van der Waals surface area contributed by atoms with Crippen LogP contribution >= 0.6 is 7.75 Å². The highest BCUT2D eigenvalue weighted by Gasteiger charge is 2.47. The van der Waals surface area contributed by atoms with Crippen LogP contribution in [0, 0.1) is 17.9 Å². The zero-order chi connectivity index (χ0) is 27.6. The Kier molecular flexibility index (Phi) is 8.12. The standard InChI is InChI=1S/C24H30FN6O6P/c1-13(2)36-23(33)15(4)30-38(34,37-16-8-6-5-7-9-16)35-11-18-14(3)20(17(18)10-32)31-12-27-19-21(26)28-24(25)29-22(19)31/h5-9,12-13,15,17-18,20,32H,3,10-11H2,1-2,4H3,(H,30,34)(H2,26,28,29)/t15-,17+,18-,20+,38?/m0/s1. The Hall–Kier alpha value is -3.38. The lowest BCUT2D eigenvalue weighted by Crippen LogP contribution is -2.45. The lowest BCUT2D eigenvalue weighted by atomic mass is 9.66. The van der Waals surface area contributed by atoms with Crippen molar-refractivity contribution in [3.63, 3.8) is 0 Å². The average Bonchev–Trinajstić information content (AvgIpc) is 3.25. The molecule has 0 amide bonds. The molecule has 1 fully saturated rings. The number of aliphatic hydroxyl groups is 1. The van der Waals surface area contributed by atoms with E-state index >= 15 is 0 Å². The van der Waals surface area contributed by atoms with Crippen molar-refractivity contribution in [3.05, 3.63) is 54.9 Å². The number of nitrogens with zero attached hydrogens (tertiary/aromatic N) is 4. The van der Waals surface area contributed by atoms with Crippen molar-refractivity contribution in [1.82, 2.24) is 24.6 Å². The molecule has 1 saturated carbocycles. The number of rotatable bonds is 11.